The molecule has 3 heterocycles. The fourth-order valence-corrected chi connectivity index (χ4v) is 8.35. The zero-order valence-electron chi connectivity index (χ0n) is 30.2. The highest BCUT2D eigenvalue weighted by Crippen LogP contribution is 2.52. The van der Waals surface area contributed by atoms with Crippen molar-refractivity contribution in [2.45, 2.75) is 19.3 Å². The lowest BCUT2D eigenvalue weighted by Gasteiger charge is -2.21. The van der Waals surface area contributed by atoms with Crippen LogP contribution in [0.1, 0.15) is 25.0 Å². The highest BCUT2D eigenvalue weighted by atomic mass is 16.3. The summed E-state index contributed by atoms with van der Waals surface area (Å²) in [5, 5.41) is 2.31. The summed E-state index contributed by atoms with van der Waals surface area (Å²) in [7, 11) is 0. The van der Waals surface area contributed by atoms with Crippen molar-refractivity contribution in [2.75, 3.05) is 0 Å². The number of fused-ring (bicyclic) bond motifs is 8. The van der Waals surface area contributed by atoms with E-state index in [-0.39, 0.29) is 5.41 Å². The van der Waals surface area contributed by atoms with Gasteiger partial charge in [0.25, 0.3) is 0 Å². The Labute approximate surface area is 317 Å². The molecule has 0 amide bonds. The SMILES string of the molecule is CC1(C)c2cc(-c3nc(-c4ccc(-c5ccccc5)cc4)nc(-n4c5ccccc5c5ccccc54)n3)ccc2-c2c1ccc1nc(-c3ccccc3)oc21. The van der Waals surface area contributed by atoms with E-state index in [0.29, 0.717) is 23.5 Å². The Hall–Kier alpha value is -7.18. The molecule has 11 rings (SSSR count). The smallest absolute Gasteiger partial charge is 0.238 e. The molecule has 1 aliphatic rings. The molecule has 6 nitrogen and oxygen atoms in total. The molecular weight excluding hydrogens is 675 g/mol. The number of rotatable bonds is 5. The molecule has 0 bridgehead atoms. The first-order chi connectivity index (χ1) is 27.0. The number of aromatic nitrogens is 5. The predicted octanol–water partition coefficient (Wildman–Crippen LogP) is 12.1. The highest BCUT2D eigenvalue weighted by molar-refractivity contribution is 6.09. The van der Waals surface area contributed by atoms with Crippen molar-refractivity contribution in [1.82, 2.24) is 24.5 Å². The number of nitrogens with zero attached hydrogens (tertiary/aromatic N) is 5. The van der Waals surface area contributed by atoms with E-state index in [1.165, 1.54) is 11.1 Å². The summed E-state index contributed by atoms with van der Waals surface area (Å²) in [6, 6.07) is 56.7. The zero-order chi connectivity index (χ0) is 36.7. The summed E-state index contributed by atoms with van der Waals surface area (Å²) in [5.74, 6) is 2.42. The van der Waals surface area contributed by atoms with Crippen LogP contribution in [0.25, 0.3) is 95.3 Å². The van der Waals surface area contributed by atoms with Gasteiger partial charge < -0.3 is 4.42 Å². The summed E-state index contributed by atoms with van der Waals surface area (Å²) >= 11 is 0. The Bertz CT molecular complexity index is 3050. The first-order valence-corrected chi connectivity index (χ1v) is 18.6. The van der Waals surface area contributed by atoms with Crippen LogP contribution in [0.15, 0.2) is 168 Å². The van der Waals surface area contributed by atoms with E-state index in [1.807, 2.05) is 36.4 Å². The monoisotopic (exact) mass is 707 g/mol. The van der Waals surface area contributed by atoms with Gasteiger partial charge >= 0.3 is 0 Å². The molecule has 10 aromatic rings. The number of hydrogen-bond donors (Lipinski definition) is 0. The predicted molar refractivity (Wildman–Crippen MR) is 221 cm³/mol. The molecule has 6 heteroatoms. The Kier molecular flexibility index (Phi) is 6.79. The van der Waals surface area contributed by atoms with Gasteiger partial charge in [-0.05, 0) is 64.2 Å². The number of para-hydroxylation sites is 2. The maximum Gasteiger partial charge on any atom is 0.238 e. The van der Waals surface area contributed by atoms with Crippen LogP contribution in [0.4, 0.5) is 0 Å². The van der Waals surface area contributed by atoms with E-state index in [1.54, 1.807) is 0 Å². The van der Waals surface area contributed by atoms with Gasteiger partial charge in [0.2, 0.25) is 11.8 Å². The molecule has 0 saturated carbocycles. The van der Waals surface area contributed by atoms with Gasteiger partial charge in [-0.25, -0.2) is 9.97 Å². The van der Waals surface area contributed by atoms with Gasteiger partial charge in [-0.2, -0.15) is 9.97 Å². The van der Waals surface area contributed by atoms with E-state index >= 15 is 0 Å². The Morgan fingerprint density at radius 2 is 1.04 bits per heavy atom. The van der Waals surface area contributed by atoms with Gasteiger partial charge in [-0.15, -0.1) is 0 Å². The van der Waals surface area contributed by atoms with Gasteiger partial charge in [-0.3, -0.25) is 4.57 Å². The lowest BCUT2D eigenvalue weighted by atomic mass is 9.82. The third kappa shape index (κ3) is 4.88. The van der Waals surface area contributed by atoms with Gasteiger partial charge in [-0.1, -0.05) is 141 Å². The van der Waals surface area contributed by atoms with Crippen molar-refractivity contribution in [2.24, 2.45) is 0 Å². The summed E-state index contributed by atoms with van der Waals surface area (Å²) < 4.78 is 8.71. The van der Waals surface area contributed by atoms with Crippen LogP contribution in [0, 0.1) is 0 Å². The van der Waals surface area contributed by atoms with E-state index in [4.69, 9.17) is 24.4 Å². The van der Waals surface area contributed by atoms with E-state index in [9.17, 15) is 0 Å². The topological polar surface area (TPSA) is 69.6 Å². The van der Waals surface area contributed by atoms with Crippen LogP contribution < -0.4 is 0 Å². The Morgan fingerprint density at radius 3 is 1.73 bits per heavy atom. The Balaban J connectivity index is 1.10. The zero-order valence-corrected chi connectivity index (χ0v) is 30.2. The number of hydrogen-bond acceptors (Lipinski definition) is 5. The van der Waals surface area contributed by atoms with Crippen molar-refractivity contribution < 1.29 is 4.42 Å². The lowest BCUT2D eigenvalue weighted by Crippen LogP contribution is -2.15. The quantitative estimate of drug-likeness (QED) is 0.178. The van der Waals surface area contributed by atoms with E-state index < -0.39 is 0 Å². The second-order valence-electron chi connectivity index (χ2n) is 14.7. The van der Waals surface area contributed by atoms with Crippen LogP contribution in [0.2, 0.25) is 0 Å². The molecule has 3 aromatic heterocycles. The minimum absolute atomic E-state index is 0.298. The maximum atomic E-state index is 6.54. The first-order valence-electron chi connectivity index (χ1n) is 18.6. The molecular formula is C49H33N5O. The van der Waals surface area contributed by atoms with Crippen molar-refractivity contribution in [1.29, 1.82) is 0 Å². The van der Waals surface area contributed by atoms with Crippen molar-refractivity contribution in [3.8, 4) is 62.4 Å². The molecule has 0 radical (unpaired) electrons. The minimum atomic E-state index is -0.298. The molecule has 0 N–H and O–H groups in total. The minimum Gasteiger partial charge on any atom is -0.435 e. The summed E-state index contributed by atoms with van der Waals surface area (Å²) in [4.78, 5) is 20.5. The van der Waals surface area contributed by atoms with Gasteiger partial charge in [0.15, 0.2) is 17.2 Å². The molecule has 0 spiro atoms. The first kappa shape index (κ1) is 31.4. The van der Waals surface area contributed by atoms with Crippen molar-refractivity contribution in [3.63, 3.8) is 0 Å². The second kappa shape index (κ2) is 11.9. The molecule has 55 heavy (non-hydrogen) atoms. The van der Waals surface area contributed by atoms with Crippen molar-refractivity contribution >= 4 is 32.9 Å². The number of benzene rings is 7. The van der Waals surface area contributed by atoms with Crippen LogP contribution in [0.5, 0.6) is 0 Å². The Morgan fingerprint density at radius 1 is 0.473 bits per heavy atom. The summed E-state index contributed by atoms with van der Waals surface area (Å²) in [6.45, 7) is 4.55. The molecule has 1 aliphatic carbocycles. The fraction of sp³-hybridized carbons (Fsp3) is 0.0612. The van der Waals surface area contributed by atoms with Gasteiger partial charge in [0, 0.05) is 38.4 Å². The molecule has 0 saturated heterocycles. The van der Waals surface area contributed by atoms with Crippen LogP contribution >= 0.6 is 0 Å². The highest BCUT2D eigenvalue weighted by Gasteiger charge is 2.38. The molecule has 0 unspecified atom stereocenters. The normalized spacial score (nSPS) is 13.1. The lowest BCUT2D eigenvalue weighted by molar-refractivity contribution is 0.618. The molecule has 260 valence electrons. The van der Waals surface area contributed by atoms with E-state index in [0.717, 1.165) is 71.8 Å². The van der Waals surface area contributed by atoms with Crippen molar-refractivity contribution in [3.05, 3.63) is 175 Å². The van der Waals surface area contributed by atoms with Crippen LogP contribution in [0.3, 0.4) is 0 Å². The fourth-order valence-electron chi connectivity index (χ4n) is 8.35. The van der Waals surface area contributed by atoms with Crippen LogP contribution in [-0.2, 0) is 5.41 Å². The number of oxazole rings is 1. The van der Waals surface area contributed by atoms with E-state index in [2.05, 4.69) is 146 Å². The average Bonchev–Trinajstić information content (AvgIpc) is 3.90. The third-order valence-electron chi connectivity index (χ3n) is 11.1. The summed E-state index contributed by atoms with van der Waals surface area (Å²) in [6.07, 6.45) is 0. The third-order valence-corrected chi connectivity index (χ3v) is 11.1. The van der Waals surface area contributed by atoms with Crippen LogP contribution in [-0.4, -0.2) is 24.5 Å². The molecule has 0 atom stereocenters. The average molecular weight is 708 g/mol. The van der Waals surface area contributed by atoms with Gasteiger partial charge in [0.05, 0.1) is 11.0 Å². The summed E-state index contributed by atoms with van der Waals surface area (Å²) in [5.41, 5.74) is 13.2. The second-order valence-corrected chi connectivity index (χ2v) is 14.7. The van der Waals surface area contributed by atoms with Gasteiger partial charge in [0.1, 0.15) is 5.52 Å². The standard InChI is InChI=1S/C49H33N5O/c1-49(2)38-27-28-40-44(55-47(50-40)33-15-7-4-8-16-33)43(38)37-26-25-34(29-39(37)49)46-51-45(32-23-21-31(22-24-32)30-13-5-3-6-14-30)52-48(53-46)54-41-19-11-9-17-35(41)36-18-10-12-20-42(36)54/h3-29H,1-2H3. The molecule has 7 aromatic carbocycles. The maximum absolute atomic E-state index is 6.54. The molecule has 0 aliphatic heterocycles. The largest absolute Gasteiger partial charge is 0.435 e. The molecule has 0 fully saturated rings.